The van der Waals surface area contributed by atoms with Crippen LogP contribution in [0.3, 0.4) is 0 Å². The molecule has 0 aliphatic carbocycles. The summed E-state index contributed by atoms with van der Waals surface area (Å²) in [7, 11) is 0. The van der Waals surface area contributed by atoms with Gasteiger partial charge in [-0.3, -0.25) is 0 Å². The van der Waals surface area contributed by atoms with E-state index in [9.17, 15) is 0 Å². The van der Waals surface area contributed by atoms with Crippen LogP contribution in [0.25, 0.3) is 0 Å². The van der Waals surface area contributed by atoms with E-state index in [2.05, 4.69) is 19.8 Å². The van der Waals surface area contributed by atoms with Gasteiger partial charge in [0, 0.05) is 0 Å². The van der Waals surface area contributed by atoms with E-state index in [1.54, 1.807) is 0 Å². The predicted octanol–water partition coefficient (Wildman–Crippen LogP) is 2.25. The fourth-order valence-electron chi connectivity index (χ4n) is 0.865. The van der Waals surface area contributed by atoms with Crippen molar-refractivity contribution in [3.05, 3.63) is 0 Å². The first-order valence-corrected chi connectivity index (χ1v) is 20.8. The van der Waals surface area contributed by atoms with Gasteiger partial charge in [-0.15, -0.1) is 0 Å². The van der Waals surface area contributed by atoms with E-state index in [0.717, 1.165) is 12.8 Å². The van der Waals surface area contributed by atoms with Gasteiger partial charge in [0.15, 0.2) is 0 Å². The predicted molar refractivity (Wildman–Crippen MR) is 68.0 cm³/mol. The van der Waals surface area contributed by atoms with Crippen molar-refractivity contribution in [3.8, 4) is 0 Å². The van der Waals surface area contributed by atoms with Crippen molar-refractivity contribution in [2.24, 2.45) is 0 Å². The van der Waals surface area contributed by atoms with Crippen molar-refractivity contribution in [1.29, 1.82) is 0 Å². The Morgan fingerprint density at radius 2 is 1.00 bits per heavy atom. The zero-order valence-electron chi connectivity index (χ0n) is 10.1. The van der Waals surface area contributed by atoms with E-state index >= 15 is 0 Å². The third-order valence-electron chi connectivity index (χ3n) is 1.67. The first-order valence-electron chi connectivity index (χ1n) is 5.34. The van der Waals surface area contributed by atoms with Crippen molar-refractivity contribution in [3.63, 3.8) is 0 Å². The molecule has 0 atom stereocenters. The molecule has 0 spiro atoms. The van der Waals surface area contributed by atoms with Crippen LogP contribution in [0.4, 0.5) is 0 Å². The van der Waals surface area contributed by atoms with Crippen molar-refractivity contribution in [2.45, 2.75) is 41.5 Å². The van der Waals surface area contributed by atoms with Crippen LogP contribution in [-0.4, -0.2) is 62.9 Å². The quantitative estimate of drug-likeness (QED) is 0.653. The average molecular weight is 416 g/mol. The van der Waals surface area contributed by atoms with Crippen molar-refractivity contribution < 1.29 is 10.2 Å². The van der Waals surface area contributed by atoms with Gasteiger partial charge < -0.3 is 0 Å². The molecular weight excluding hydrogens is 390 g/mol. The molecule has 0 saturated carbocycles. The first kappa shape index (κ1) is 17.9. The van der Waals surface area contributed by atoms with Gasteiger partial charge in [-0.1, -0.05) is 0 Å². The summed E-state index contributed by atoms with van der Waals surface area (Å²) in [5.74, 6) is 0. The number of rotatable bonds is 6. The summed E-state index contributed by atoms with van der Waals surface area (Å²) in [5, 5.41) is 16.7. The van der Waals surface area contributed by atoms with Crippen LogP contribution < -0.4 is 0 Å². The second kappa shape index (κ2) is 14.5. The van der Waals surface area contributed by atoms with E-state index in [4.69, 9.17) is 10.2 Å². The molecule has 2 nitrogen and oxygen atoms in total. The Kier molecular flexibility index (Phi) is 18.6. The summed E-state index contributed by atoms with van der Waals surface area (Å²) < 4.78 is 2.69. The van der Waals surface area contributed by atoms with Gasteiger partial charge in [0.05, 0.1) is 0 Å². The third-order valence-corrected chi connectivity index (χ3v) is 9.40. The summed E-state index contributed by atoms with van der Waals surface area (Å²) in [6.07, 6.45) is 2.09. The Balaban J connectivity index is 0. The second-order valence-corrected chi connectivity index (χ2v) is 20.7. The molecule has 0 heterocycles. The monoisotopic (exact) mass is 418 g/mol. The van der Waals surface area contributed by atoms with Crippen LogP contribution in [0, 0.1) is 0 Å². The zero-order chi connectivity index (χ0) is 11.4. The Labute approximate surface area is 104 Å². The molecule has 0 aliphatic heterocycles. The normalized spacial score (nSPS) is 10.3. The summed E-state index contributed by atoms with van der Waals surface area (Å²) in [5.41, 5.74) is 0. The van der Waals surface area contributed by atoms with Gasteiger partial charge in [-0.25, -0.2) is 0 Å². The van der Waals surface area contributed by atoms with E-state index < -0.39 is 39.5 Å². The molecule has 0 bridgehead atoms. The van der Waals surface area contributed by atoms with Gasteiger partial charge >= 0.3 is 104 Å². The van der Waals surface area contributed by atoms with Gasteiger partial charge in [0.25, 0.3) is 0 Å². The van der Waals surface area contributed by atoms with E-state index in [1.807, 2.05) is 0 Å². The molecule has 0 aromatic heterocycles. The molecule has 4 heteroatoms. The molecule has 14 heavy (non-hydrogen) atoms. The summed E-state index contributed by atoms with van der Waals surface area (Å²) >= 11 is -1.60. The molecule has 0 rings (SSSR count). The molecule has 2 radical (unpaired) electrons. The minimum absolute atomic E-state index is 0.395. The fourth-order valence-corrected chi connectivity index (χ4v) is 5.80. The molecule has 0 fully saturated rings. The molecule has 0 amide bonds. The molecule has 0 aromatic rings. The maximum absolute atomic E-state index is 8.35. The number of hydrogen-bond donors (Lipinski definition) is 2. The van der Waals surface area contributed by atoms with Crippen LogP contribution >= 0.6 is 0 Å². The van der Waals surface area contributed by atoms with Crippen LogP contribution in [0.1, 0.15) is 12.8 Å². The molecule has 0 saturated heterocycles. The maximum atomic E-state index is 8.35. The van der Waals surface area contributed by atoms with Gasteiger partial charge in [-0.05, 0) is 0 Å². The SMILES string of the molecule is [CH3][Sn]([CH3])[CH2]CCO.[CH3][Sn]([CH3])[CH2]CCO. The van der Waals surface area contributed by atoms with E-state index in [1.165, 1.54) is 8.87 Å². The number of hydrogen-bond acceptors (Lipinski definition) is 2. The number of aliphatic hydroxyl groups excluding tert-OH is 2. The topological polar surface area (TPSA) is 40.5 Å². The number of aliphatic hydroxyl groups is 2. The Hall–Kier alpha value is 1.52. The molecule has 0 unspecified atom stereocenters. The average Bonchev–Trinajstić information content (AvgIpc) is 2.12. The van der Waals surface area contributed by atoms with Crippen LogP contribution in [0.15, 0.2) is 0 Å². The fraction of sp³-hybridized carbons (Fsp3) is 1.00. The first-order chi connectivity index (χ1) is 6.54. The summed E-state index contributed by atoms with van der Waals surface area (Å²) in [6.45, 7) is 0.789. The summed E-state index contributed by atoms with van der Waals surface area (Å²) in [6, 6.07) is 0. The van der Waals surface area contributed by atoms with E-state index in [0.29, 0.717) is 13.2 Å². The Morgan fingerprint density at radius 1 is 0.714 bits per heavy atom. The Bertz CT molecular complexity index is 86.1. The van der Waals surface area contributed by atoms with Gasteiger partial charge in [0.2, 0.25) is 0 Å². The van der Waals surface area contributed by atoms with Crippen LogP contribution in [0.5, 0.6) is 0 Å². The third kappa shape index (κ3) is 23.4. The molecule has 2 N–H and O–H groups in total. The molecule has 0 aliphatic rings. The van der Waals surface area contributed by atoms with Crippen molar-refractivity contribution in [1.82, 2.24) is 0 Å². The zero-order valence-corrected chi connectivity index (χ0v) is 15.8. The standard InChI is InChI=1S/2C3H7O.4CH3.2Sn/c2*1-2-3-4;;;;;;/h2*4H,1-3H2;4*1H3;;. The molecular formula is C10H26O2Sn2. The Morgan fingerprint density at radius 3 is 1.07 bits per heavy atom. The molecule has 0 aromatic carbocycles. The van der Waals surface area contributed by atoms with E-state index in [-0.39, 0.29) is 0 Å². The van der Waals surface area contributed by atoms with Crippen LogP contribution in [0.2, 0.25) is 28.6 Å². The van der Waals surface area contributed by atoms with Crippen molar-refractivity contribution >= 4 is 39.5 Å². The van der Waals surface area contributed by atoms with Gasteiger partial charge in [0.1, 0.15) is 0 Å². The molecule has 86 valence electrons. The summed E-state index contributed by atoms with van der Waals surface area (Å²) in [4.78, 5) is 9.44. The second-order valence-electron chi connectivity index (χ2n) is 4.07. The van der Waals surface area contributed by atoms with Gasteiger partial charge in [-0.2, -0.15) is 0 Å². The minimum atomic E-state index is -0.802. The van der Waals surface area contributed by atoms with Crippen LogP contribution in [-0.2, 0) is 0 Å². The van der Waals surface area contributed by atoms with Crippen molar-refractivity contribution in [2.75, 3.05) is 13.2 Å².